The quantitative estimate of drug-likeness (QED) is 0.690. The van der Waals surface area contributed by atoms with Crippen molar-refractivity contribution in [1.82, 2.24) is 0 Å². The second kappa shape index (κ2) is 5.53. The van der Waals surface area contributed by atoms with Crippen LogP contribution in [0.5, 0.6) is 11.5 Å². The summed E-state index contributed by atoms with van der Waals surface area (Å²) in [6.07, 6.45) is 0. The first-order valence-corrected chi connectivity index (χ1v) is 5.52. The molecule has 0 saturated carbocycles. The van der Waals surface area contributed by atoms with Gasteiger partial charge in [0.15, 0.2) is 0 Å². The van der Waals surface area contributed by atoms with Gasteiger partial charge in [0.05, 0.1) is 11.0 Å². The Morgan fingerprint density at radius 1 is 1.10 bits per heavy atom. The maximum absolute atomic E-state index is 13.0. The molecule has 2 rings (SSSR count). The van der Waals surface area contributed by atoms with Gasteiger partial charge in [-0.15, -0.1) is 0 Å². The normalized spacial score (nSPS) is 10.2. The summed E-state index contributed by atoms with van der Waals surface area (Å²) in [5, 5.41) is 19.6. The molecular weight excluding hydrogens is 288 g/mol. The van der Waals surface area contributed by atoms with Gasteiger partial charge in [0.2, 0.25) is 0 Å². The van der Waals surface area contributed by atoms with E-state index in [0.29, 0.717) is 6.07 Å². The van der Waals surface area contributed by atoms with E-state index in [1.54, 1.807) is 0 Å². The van der Waals surface area contributed by atoms with E-state index in [2.05, 4.69) is 0 Å². The molecule has 2 aromatic carbocycles. The number of rotatable bonds is 4. The Bertz CT molecular complexity index is 712. The minimum Gasteiger partial charge on any atom is -0.477 e. The van der Waals surface area contributed by atoms with Crippen molar-refractivity contribution in [2.75, 3.05) is 0 Å². The number of nitrogens with zero attached hydrogens (tertiary/aromatic N) is 1. The van der Waals surface area contributed by atoms with Gasteiger partial charge in [0.1, 0.15) is 28.7 Å². The molecule has 0 aromatic heterocycles. The van der Waals surface area contributed by atoms with Crippen molar-refractivity contribution in [2.45, 2.75) is 0 Å². The third-order valence-corrected chi connectivity index (χ3v) is 2.47. The standard InChI is InChI=1S/C13H7F2NO5/c14-7-3-8(15)5-10(4-7)21-9-1-2-11(13(17)18)12(6-9)16(19)20/h1-6H,(H,17,18). The van der Waals surface area contributed by atoms with Crippen LogP contribution in [-0.2, 0) is 0 Å². The predicted molar refractivity (Wildman–Crippen MR) is 66.5 cm³/mol. The molecule has 6 nitrogen and oxygen atoms in total. The van der Waals surface area contributed by atoms with Crippen LogP contribution in [0.1, 0.15) is 10.4 Å². The molecule has 0 unspecified atom stereocenters. The maximum atomic E-state index is 13.0. The number of hydrogen-bond acceptors (Lipinski definition) is 4. The fourth-order valence-electron chi connectivity index (χ4n) is 1.63. The summed E-state index contributed by atoms with van der Waals surface area (Å²) in [6, 6.07) is 5.42. The Labute approximate surface area is 116 Å². The molecule has 0 spiro atoms. The summed E-state index contributed by atoms with van der Waals surface area (Å²) >= 11 is 0. The molecule has 0 aliphatic heterocycles. The van der Waals surface area contributed by atoms with Gasteiger partial charge in [-0.25, -0.2) is 13.6 Å². The molecule has 21 heavy (non-hydrogen) atoms. The number of aromatic carboxylic acids is 1. The van der Waals surface area contributed by atoms with E-state index in [1.807, 2.05) is 0 Å². The van der Waals surface area contributed by atoms with Crippen molar-refractivity contribution in [3.63, 3.8) is 0 Å². The molecule has 0 aliphatic carbocycles. The summed E-state index contributed by atoms with van der Waals surface area (Å²) in [7, 11) is 0. The first kappa shape index (κ1) is 14.4. The molecule has 2 aromatic rings. The molecule has 0 atom stereocenters. The average molecular weight is 295 g/mol. The Balaban J connectivity index is 2.39. The van der Waals surface area contributed by atoms with E-state index in [1.165, 1.54) is 0 Å². The van der Waals surface area contributed by atoms with Crippen molar-refractivity contribution in [1.29, 1.82) is 0 Å². The van der Waals surface area contributed by atoms with Crippen LogP contribution in [0, 0.1) is 21.7 Å². The van der Waals surface area contributed by atoms with Crippen molar-refractivity contribution in [3.8, 4) is 11.5 Å². The highest BCUT2D eigenvalue weighted by Crippen LogP contribution is 2.29. The number of carboxylic acids is 1. The highest BCUT2D eigenvalue weighted by atomic mass is 19.1. The topological polar surface area (TPSA) is 89.7 Å². The molecule has 0 saturated heterocycles. The lowest BCUT2D eigenvalue weighted by molar-refractivity contribution is -0.385. The zero-order valence-corrected chi connectivity index (χ0v) is 10.2. The monoisotopic (exact) mass is 295 g/mol. The lowest BCUT2D eigenvalue weighted by Crippen LogP contribution is -2.02. The van der Waals surface area contributed by atoms with Gasteiger partial charge in [0.25, 0.3) is 5.69 Å². The van der Waals surface area contributed by atoms with E-state index in [4.69, 9.17) is 9.84 Å². The van der Waals surface area contributed by atoms with Gasteiger partial charge in [-0.05, 0) is 12.1 Å². The van der Waals surface area contributed by atoms with Gasteiger partial charge in [-0.2, -0.15) is 0 Å². The van der Waals surface area contributed by atoms with Crippen molar-refractivity contribution >= 4 is 11.7 Å². The maximum Gasteiger partial charge on any atom is 0.342 e. The van der Waals surface area contributed by atoms with Crippen LogP contribution >= 0.6 is 0 Å². The number of carboxylic acid groups (broad SMARTS) is 1. The van der Waals surface area contributed by atoms with E-state index >= 15 is 0 Å². The van der Waals surface area contributed by atoms with Crippen LogP contribution < -0.4 is 4.74 Å². The van der Waals surface area contributed by atoms with Crippen LogP contribution in [0.2, 0.25) is 0 Å². The van der Waals surface area contributed by atoms with Crippen molar-refractivity contribution in [3.05, 3.63) is 63.7 Å². The second-order valence-electron chi connectivity index (χ2n) is 3.95. The fourth-order valence-corrected chi connectivity index (χ4v) is 1.63. The Hall–Kier alpha value is -3.03. The first-order chi connectivity index (χ1) is 9.86. The highest BCUT2D eigenvalue weighted by Gasteiger charge is 2.20. The number of benzene rings is 2. The van der Waals surface area contributed by atoms with Gasteiger partial charge in [-0.3, -0.25) is 10.1 Å². The molecule has 0 bridgehead atoms. The van der Waals surface area contributed by atoms with Gasteiger partial charge >= 0.3 is 5.97 Å². The number of nitro groups is 1. The molecule has 0 aliphatic rings. The second-order valence-corrected chi connectivity index (χ2v) is 3.95. The Kier molecular flexibility index (Phi) is 3.79. The van der Waals surface area contributed by atoms with Gasteiger partial charge in [-0.1, -0.05) is 0 Å². The number of nitro benzene ring substituents is 1. The SMILES string of the molecule is O=C(O)c1ccc(Oc2cc(F)cc(F)c2)cc1[N+](=O)[O-]. The summed E-state index contributed by atoms with van der Waals surface area (Å²) in [5.41, 5.74) is -1.20. The molecule has 0 radical (unpaired) electrons. The van der Waals surface area contributed by atoms with Crippen LogP contribution in [0.15, 0.2) is 36.4 Å². The summed E-state index contributed by atoms with van der Waals surface area (Å²) in [5.74, 6) is -3.53. The third-order valence-electron chi connectivity index (χ3n) is 2.47. The molecule has 0 fully saturated rings. The lowest BCUT2D eigenvalue weighted by atomic mass is 10.1. The van der Waals surface area contributed by atoms with E-state index < -0.39 is 33.8 Å². The Morgan fingerprint density at radius 3 is 2.24 bits per heavy atom. The molecule has 0 heterocycles. The van der Waals surface area contributed by atoms with Gasteiger partial charge in [0, 0.05) is 18.2 Å². The third kappa shape index (κ3) is 3.30. The van der Waals surface area contributed by atoms with Crippen LogP contribution in [-0.4, -0.2) is 16.0 Å². The Morgan fingerprint density at radius 2 is 1.71 bits per heavy atom. The highest BCUT2D eigenvalue weighted by molar-refractivity contribution is 5.92. The van der Waals surface area contributed by atoms with Crippen molar-refractivity contribution < 1.29 is 28.3 Å². The predicted octanol–water partition coefficient (Wildman–Crippen LogP) is 3.36. The van der Waals surface area contributed by atoms with Crippen LogP contribution in [0.4, 0.5) is 14.5 Å². The molecule has 108 valence electrons. The summed E-state index contributed by atoms with van der Waals surface area (Å²) in [6.45, 7) is 0. The zero-order chi connectivity index (χ0) is 15.6. The minimum atomic E-state index is -1.47. The van der Waals surface area contributed by atoms with Crippen LogP contribution in [0.25, 0.3) is 0 Å². The molecule has 1 N–H and O–H groups in total. The number of hydrogen-bond donors (Lipinski definition) is 1. The smallest absolute Gasteiger partial charge is 0.342 e. The molecule has 0 amide bonds. The van der Waals surface area contributed by atoms with Gasteiger partial charge < -0.3 is 9.84 Å². The number of carbonyl (C=O) groups is 1. The first-order valence-electron chi connectivity index (χ1n) is 5.52. The summed E-state index contributed by atoms with van der Waals surface area (Å²) < 4.78 is 31.1. The number of ether oxygens (including phenoxy) is 1. The molecule has 8 heteroatoms. The van der Waals surface area contributed by atoms with E-state index in [-0.39, 0.29) is 11.5 Å². The van der Waals surface area contributed by atoms with Crippen LogP contribution in [0.3, 0.4) is 0 Å². The fraction of sp³-hybridized carbons (Fsp3) is 0. The molecular formula is C13H7F2NO5. The zero-order valence-electron chi connectivity index (χ0n) is 10.2. The van der Waals surface area contributed by atoms with E-state index in [0.717, 1.165) is 30.3 Å². The minimum absolute atomic E-state index is 0.114. The number of halogens is 2. The average Bonchev–Trinajstić information content (AvgIpc) is 2.36. The summed E-state index contributed by atoms with van der Waals surface area (Å²) in [4.78, 5) is 20.8. The van der Waals surface area contributed by atoms with E-state index in [9.17, 15) is 23.7 Å². The largest absolute Gasteiger partial charge is 0.477 e. The van der Waals surface area contributed by atoms with Crippen molar-refractivity contribution in [2.24, 2.45) is 0 Å². The lowest BCUT2D eigenvalue weighted by Gasteiger charge is -2.07.